The maximum atomic E-state index is 10.4. The van der Waals surface area contributed by atoms with E-state index in [4.69, 9.17) is 10.2 Å². The molecule has 0 fully saturated rings. The van der Waals surface area contributed by atoms with E-state index in [2.05, 4.69) is 6.92 Å². The van der Waals surface area contributed by atoms with Crippen molar-refractivity contribution < 1.29 is 19.8 Å². The lowest BCUT2D eigenvalue weighted by Gasteiger charge is -2.20. The summed E-state index contributed by atoms with van der Waals surface area (Å²) >= 11 is 0. The highest BCUT2D eigenvalue weighted by Gasteiger charge is 2.07. The van der Waals surface area contributed by atoms with E-state index in [9.17, 15) is 9.59 Å². The molecule has 0 atom stereocenters. The van der Waals surface area contributed by atoms with Crippen molar-refractivity contribution in [2.75, 3.05) is 19.6 Å². The molecule has 94 valence electrons. The van der Waals surface area contributed by atoms with Crippen LogP contribution in [0.1, 0.15) is 39.0 Å². The summed E-state index contributed by atoms with van der Waals surface area (Å²) in [7, 11) is 0. The quantitative estimate of drug-likeness (QED) is 0.594. The second kappa shape index (κ2) is 9.15. The molecule has 0 unspecified atom stereocenters. The number of hydrogen-bond donors (Lipinski definition) is 2. The number of rotatable bonds is 10. The minimum atomic E-state index is -0.806. The van der Waals surface area contributed by atoms with Gasteiger partial charge in [-0.25, -0.2) is 0 Å². The molecule has 16 heavy (non-hydrogen) atoms. The summed E-state index contributed by atoms with van der Waals surface area (Å²) < 4.78 is 0. The topological polar surface area (TPSA) is 77.8 Å². The van der Waals surface area contributed by atoms with Crippen LogP contribution in [-0.4, -0.2) is 46.7 Å². The summed E-state index contributed by atoms with van der Waals surface area (Å²) in [4.78, 5) is 22.8. The lowest BCUT2D eigenvalue weighted by atomic mass is 10.2. The van der Waals surface area contributed by atoms with Gasteiger partial charge in [0.15, 0.2) is 0 Å². The summed E-state index contributed by atoms with van der Waals surface area (Å²) in [5, 5.41) is 17.1. The Bertz CT molecular complexity index is 218. The van der Waals surface area contributed by atoms with E-state index < -0.39 is 11.9 Å². The summed E-state index contributed by atoms with van der Waals surface area (Å²) in [6.07, 6.45) is 2.93. The third kappa shape index (κ3) is 9.45. The van der Waals surface area contributed by atoms with Crippen LogP contribution in [0.4, 0.5) is 0 Å². The maximum Gasteiger partial charge on any atom is 0.304 e. The van der Waals surface area contributed by atoms with Crippen molar-refractivity contribution in [1.29, 1.82) is 0 Å². The minimum Gasteiger partial charge on any atom is -0.481 e. The summed E-state index contributed by atoms with van der Waals surface area (Å²) in [5.41, 5.74) is 0. The van der Waals surface area contributed by atoms with Gasteiger partial charge in [0.2, 0.25) is 0 Å². The van der Waals surface area contributed by atoms with Crippen LogP contribution in [0, 0.1) is 0 Å². The fourth-order valence-corrected chi connectivity index (χ4v) is 1.42. The predicted octanol–water partition coefficient (Wildman–Crippen LogP) is 1.43. The Morgan fingerprint density at radius 3 is 2.00 bits per heavy atom. The zero-order valence-corrected chi connectivity index (χ0v) is 9.81. The average Bonchev–Trinajstić information content (AvgIpc) is 2.20. The van der Waals surface area contributed by atoms with Crippen LogP contribution in [0.5, 0.6) is 0 Å². The molecule has 5 nitrogen and oxygen atoms in total. The number of aliphatic carboxylic acids is 2. The molecule has 0 radical (unpaired) electrons. The molecule has 2 N–H and O–H groups in total. The van der Waals surface area contributed by atoms with Crippen LogP contribution in [0.25, 0.3) is 0 Å². The largest absolute Gasteiger partial charge is 0.481 e. The van der Waals surface area contributed by atoms with E-state index >= 15 is 0 Å². The van der Waals surface area contributed by atoms with Crippen molar-refractivity contribution in [3.63, 3.8) is 0 Å². The number of unbranched alkanes of at least 4 members (excludes halogenated alkanes) is 1. The van der Waals surface area contributed by atoms with Gasteiger partial charge in [-0.1, -0.05) is 13.3 Å². The second-order valence-corrected chi connectivity index (χ2v) is 3.84. The van der Waals surface area contributed by atoms with E-state index in [1.54, 1.807) is 0 Å². The second-order valence-electron chi connectivity index (χ2n) is 3.84. The standard InChI is InChI=1S/C11H21NO4/c1-2-3-7-12(9-6-11(15)16)8-4-5-10(13)14/h2-9H2,1H3,(H,13,14)(H,15,16). The van der Waals surface area contributed by atoms with Crippen LogP contribution in [0.2, 0.25) is 0 Å². The Balaban J connectivity index is 3.79. The molecule has 0 aliphatic heterocycles. The van der Waals surface area contributed by atoms with Crippen molar-refractivity contribution in [1.82, 2.24) is 4.90 Å². The molecule has 0 aliphatic rings. The van der Waals surface area contributed by atoms with Crippen molar-refractivity contribution in [2.45, 2.75) is 39.0 Å². The smallest absolute Gasteiger partial charge is 0.304 e. The molecule has 0 aromatic rings. The van der Waals surface area contributed by atoms with Gasteiger partial charge < -0.3 is 15.1 Å². The van der Waals surface area contributed by atoms with E-state index in [1.807, 2.05) is 4.90 Å². The highest BCUT2D eigenvalue weighted by atomic mass is 16.4. The number of carboxylic acid groups (broad SMARTS) is 2. The van der Waals surface area contributed by atoms with E-state index in [0.29, 0.717) is 19.5 Å². The van der Waals surface area contributed by atoms with Gasteiger partial charge in [-0.3, -0.25) is 9.59 Å². The number of carboxylic acids is 2. The first-order valence-corrected chi connectivity index (χ1v) is 5.72. The molecule has 0 heterocycles. The highest BCUT2D eigenvalue weighted by molar-refractivity contribution is 5.67. The van der Waals surface area contributed by atoms with E-state index in [-0.39, 0.29) is 12.8 Å². The molecule has 0 saturated carbocycles. The number of hydrogen-bond acceptors (Lipinski definition) is 3. The first kappa shape index (κ1) is 14.9. The molecule has 0 rings (SSSR count). The lowest BCUT2D eigenvalue weighted by Crippen LogP contribution is -2.29. The molecular formula is C11H21NO4. The Hall–Kier alpha value is -1.10. The molecule has 0 aliphatic carbocycles. The molecule has 5 heteroatoms. The summed E-state index contributed by atoms with van der Waals surface area (Å²) in [6.45, 7) is 4.10. The maximum absolute atomic E-state index is 10.4. The van der Waals surface area contributed by atoms with Crippen LogP contribution in [0.3, 0.4) is 0 Å². The fourth-order valence-electron chi connectivity index (χ4n) is 1.42. The molecular weight excluding hydrogens is 210 g/mol. The van der Waals surface area contributed by atoms with Crippen LogP contribution >= 0.6 is 0 Å². The number of nitrogens with zero attached hydrogens (tertiary/aromatic N) is 1. The van der Waals surface area contributed by atoms with Crippen molar-refractivity contribution in [3.05, 3.63) is 0 Å². The van der Waals surface area contributed by atoms with Crippen LogP contribution < -0.4 is 0 Å². The molecule has 0 aromatic carbocycles. The third-order valence-corrected chi connectivity index (χ3v) is 2.33. The molecule has 0 spiro atoms. The van der Waals surface area contributed by atoms with Gasteiger partial charge in [-0.05, 0) is 25.9 Å². The van der Waals surface area contributed by atoms with Crippen LogP contribution in [-0.2, 0) is 9.59 Å². The molecule has 0 aromatic heterocycles. The molecule has 0 bridgehead atoms. The third-order valence-electron chi connectivity index (χ3n) is 2.33. The van der Waals surface area contributed by atoms with E-state index in [0.717, 1.165) is 19.4 Å². The predicted molar refractivity (Wildman–Crippen MR) is 60.5 cm³/mol. The normalized spacial score (nSPS) is 10.6. The minimum absolute atomic E-state index is 0.122. The Labute approximate surface area is 96.1 Å². The lowest BCUT2D eigenvalue weighted by molar-refractivity contribution is -0.138. The van der Waals surface area contributed by atoms with Crippen LogP contribution in [0.15, 0.2) is 0 Å². The van der Waals surface area contributed by atoms with Gasteiger partial charge in [-0.15, -0.1) is 0 Å². The van der Waals surface area contributed by atoms with Gasteiger partial charge in [0.1, 0.15) is 0 Å². The molecule has 0 saturated heterocycles. The zero-order valence-electron chi connectivity index (χ0n) is 9.81. The van der Waals surface area contributed by atoms with Gasteiger partial charge in [0.05, 0.1) is 6.42 Å². The first-order valence-electron chi connectivity index (χ1n) is 5.72. The first-order chi connectivity index (χ1) is 7.56. The summed E-state index contributed by atoms with van der Waals surface area (Å²) in [5.74, 6) is -1.60. The Morgan fingerprint density at radius 2 is 1.50 bits per heavy atom. The Kier molecular flexibility index (Phi) is 8.52. The van der Waals surface area contributed by atoms with Crippen molar-refractivity contribution >= 4 is 11.9 Å². The van der Waals surface area contributed by atoms with Crippen molar-refractivity contribution in [3.8, 4) is 0 Å². The van der Waals surface area contributed by atoms with Gasteiger partial charge in [0, 0.05) is 13.0 Å². The monoisotopic (exact) mass is 231 g/mol. The Morgan fingerprint density at radius 1 is 0.938 bits per heavy atom. The van der Waals surface area contributed by atoms with Gasteiger partial charge in [0.25, 0.3) is 0 Å². The van der Waals surface area contributed by atoms with Crippen molar-refractivity contribution in [2.24, 2.45) is 0 Å². The highest BCUT2D eigenvalue weighted by Crippen LogP contribution is 2.00. The SMILES string of the molecule is CCCCN(CCCC(=O)O)CCC(=O)O. The summed E-state index contributed by atoms with van der Waals surface area (Å²) in [6, 6.07) is 0. The molecule has 0 amide bonds. The zero-order chi connectivity index (χ0) is 12.4. The number of carbonyl (C=O) groups is 2. The average molecular weight is 231 g/mol. The fraction of sp³-hybridized carbons (Fsp3) is 0.818. The van der Waals surface area contributed by atoms with E-state index in [1.165, 1.54) is 0 Å². The van der Waals surface area contributed by atoms with Gasteiger partial charge >= 0.3 is 11.9 Å². The van der Waals surface area contributed by atoms with Gasteiger partial charge in [-0.2, -0.15) is 0 Å².